The van der Waals surface area contributed by atoms with Gasteiger partial charge in [0.05, 0.1) is 23.2 Å². The van der Waals surface area contributed by atoms with Crippen LogP contribution in [-0.4, -0.2) is 22.1 Å². The van der Waals surface area contributed by atoms with E-state index in [1.165, 1.54) is 4.57 Å². The number of amides is 1. The smallest absolute Gasteiger partial charge is 0.261 e. The highest BCUT2D eigenvalue weighted by Crippen LogP contribution is 2.28. The fraction of sp³-hybridized carbons (Fsp3) is 0.211. The lowest BCUT2D eigenvalue weighted by Gasteiger charge is -2.14. The van der Waals surface area contributed by atoms with E-state index in [9.17, 15) is 9.59 Å². The quantitative estimate of drug-likeness (QED) is 0.746. The van der Waals surface area contributed by atoms with E-state index >= 15 is 0 Å². The van der Waals surface area contributed by atoms with Gasteiger partial charge in [0.1, 0.15) is 18.1 Å². The summed E-state index contributed by atoms with van der Waals surface area (Å²) in [4.78, 5) is 29.5. The molecule has 6 nitrogen and oxygen atoms in total. The minimum Gasteiger partial charge on any atom is -0.492 e. The summed E-state index contributed by atoms with van der Waals surface area (Å²) in [5.41, 5.74) is 0.823. The molecule has 0 radical (unpaired) electrons. The average Bonchev–Trinajstić information content (AvgIpc) is 2.61. The van der Waals surface area contributed by atoms with Crippen LogP contribution in [0.2, 0.25) is 5.02 Å². The van der Waals surface area contributed by atoms with Crippen molar-refractivity contribution in [2.45, 2.75) is 20.4 Å². The van der Waals surface area contributed by atoms with Gasteiger partial charge >= 0.3 is 0 Å². The number of carbonyl (C=O) groups is 1. The van der Waals surface area contributed by atoms with Crippen LogP contribution in [0.15, 0.2) is 47.3 Å². The van der Waals surface area contributed by atoms with Crippen molar-refractivity contribution < 1.29 is 9.53 Å². The Balaban J connectivity index is 1.89. The summed E-state index contributed by atoms with van der Waals surface area (Å²) in [5.74, 6) is 0.626. The van der Waals surface area contributed by atoms with Crippen molar-refractivity contribution in [2.75, 3.05) is 11.9 Å². The predicted octanol–water partition coefficient (Wildman–Crippen LogP) is 3.40. The van der Waals surface area contributed by atoms with Gasteiger partial charge in [-0.2, -0.15) is 0 Å². The SMILES string of the molecule is CCOc1ccc(Cl)cc1NC(=O)Cn1c(C)nc2ccccc2c1=O. The van der Waals surface area contributed by atoms with Gasteiger partial charge in [-0.1, -0.05) is 23.7 Å². The maximum atomic E-state index is 12.7. The second-order valence-electron chi connectivity index (χ2n) is 5.69. The number of aromatic nitrogens is 2. The van der Waals surface area contributed by atoms with Gasteiger partial charge in [-0.15, -0.1) is 0 Å². The number of nitrogens with one attached hydrogen (secondary N) is 1. The zero-order valence-corrected chi connectivity index (χ0v) is 15.2. The molecular formula is C19H18ClN3O3. The number of carbonyl (C=O) groups excluding carboxylic acids is 1. The van der Waals surface area contributed by atoms with Crippen molar-refractivity contribution in [1.29, 1.82) is 0 Å². The van der Waals surface area contributed by atoms with Gasteiger partial charge in [0, 0.05) is 5.02 Å². The summed E-state index contributed by atoms with van der Waals surface area (Å²) < 4.78 is 6.84. The van der Waals surface area contributed by atoms with Gasteiger partial charge in [-0.05, 0) is 44.2 Å². The van der Waals surface area contributed by atoms with E-state index in [1.54, 1.807) is 43.3 Å². The van der Waals surface area contributed by atoms with E-state index in [1.807, 2.05) is 13.0 Å². The van der Waals surface area contributed by atoms with Crippen molar-refractivity contribution in [2.24, 2.45) is 0 Å². The van der Waals surface area contributed by atoms with Crippen LogP contribution in [0.4, 0.5) is 5.69 Å². The first-order valence-electron chi connectivity index (χ1n) is 8.18. The molecule has 1 heterocycles. The van der Waals surface area contributed by atoms with E-state index in [-0.39, 0.29) is 18.0 Å². The van der Waals surface area contributed by atoms with Crippen molar-refractivity contribution in [1.82, 2.24) is 9.55 Å². The fourth-order valence-corrected chi connectivity index (χ4v) is 2.85. The van der Waals surface area contributed by atoms with Gasteiger partial charge in [-0.3, -0.25) is 14.2 Å². The molecule has 0 bridgehead atoms. The van der Waals surface area contributed by atoms with Crippen LogP contribution >= 0.6 is 11.6 Å². The third-order valence-corrected chi connectivity index (χ3v) is 4.10. The molecule has 1 N–H and O–H groups in total. The van der Waals surface area contributed by atoms with Crippen LogP contribution in [0, 0.1) is 6.92 Å². The maximum absolute atomic E-state index is 12.7. The summed E-state index contributed by atoms with van der Waals surface area (Å²) in [6.45, 7) is 3.86. The molecule has 0 spiro atoms. The van der Waals surface area contributed by atoms with E-state index in [4.69, 9.17) is 16.3 Å². The largest absolute Gasteiger partial charge is 0.492 e. The molecule has 0 aliphatic heterocycles. The van der Waals surface area contributed by atoms with Crippen LogP contribution in [0.5, 0.6) is 5.75 Å². The maximum Gasteiger partial charge on any atom is 0.261 e. The molecule has 2 aromatic carbocycles. The lowest BCUT2D eigenvalue weighted by Crippen LogP contribution is -2.30. The molecule has 0 saturated heterocycles. The summed E-state index contributed by atoms with van der Waals surface area (Å²) in [6, 6.07) is 12.0. The van der Waals surface area contributed by atoms with E-state index in [2.05, 4.69) is 10.3 Å². The van der Waals surface area contributed by atoms with Crippen molar-refractivity contribution in [3.05, 3.63) is 63.7 Å². The van der Waals surface area contributed by atoms with Crippen molar-refractivity contribution in [3.63, 3.8) is 0 Å². The molecule has 7 heteroatoms. The molecule has 3 rings (SSSR count). The number of fused-ring (bicyclic) bond motifs is 1. The second-order valence-corrected chi connectivity index (χ2v) is 6.13. The molecule has 3 aromatic rings. The van der Waals surface area contributed by atoms with E-state index in [0.29, 0.717) is 39.8 Å². The Morgan fingerprint density at radius 1 is 1.27 bits per heavy atom. The standard InChI is InChI=1S/C19H18ClN3O3/c1-3-26-17-9-8-13(20)10-16(17)22-18(24)11-23-12(2)21-15-7-5-4-6-14(15)19(23)25/h4-10H,3,11H2,1-2H3,(H,22,24). The van der Waals surface area contributed by atoms with Gasteiger partial charge in [0.15, 0.2) is 0 Å². The number of anilines is 1. The number of hydrogen-bond donors (Lipinski definition) is 1. The van der Waals surface area contributed by atoms with Crippen LogP contribution in [-0.2, 0) is 11.3 Å². The normalized spacial score (nSPS) is 10.7. The van der Waals surface area contributed by atoms with Gasteiger partial charge in [0.25, 0.3) is 5.56 Å². The number of ether oxygens (including phenoxy) is 1. The molecular weight excluding hydrogens is 354 g/mol. The number of rotatable bonds is 5. The Kier molecular flexibility index (Phi) is 5.23. The van der Waals surface area contributed by atoms with Crippen LogP contribution in [0.3, 0.4) is 0 Å². The minimum atomic E-state index is -0.365. The van der Waals surface area contributed by atoms with Crippen molar-refractivity contribution in [3.8, 4) is 5.75 Å². The highest BCUT2D eigenvalue weighted by Gasteiger charge is 2.13. The molecule has 0 aliphatic carbocycles. The van der Waals surface area contributed by atoms with Gasteiger partial charge in [0.2, 0.25) is 5.91 Å². The molecule has 1 aromatic heterocycles. The summed E-state index contributed by atoms with van der Waals surface area (Å²) in [7, 11) is 0. The topological polar surface area (TPSA) is 73.2 Å². The molecule has 1 amide bonds. The van der Waals surface area contributed by atoms with E-state index < -0.39 is 0 Å². The van der Waals surface area contributed by atoms with E-state index in [0.717, 1.165) is 0 Å². The molecule has 134 valence electrons. The highest BCUT2D eigenvalue weighted by atomic mass is 35.5. The fourth-order valence-electron chi connectivity index (χ4n) is 2.68. The molecule has 26 heavy (non-hydrogen) atoms. The Morgan fingerprint density at radius 3 is 2.81 bits per heavy atom. The number of aryl methyl sites for hydroxylation is 1. The zero-order chi connectivity index (χ0) is 18.7. The first kappa shape index (κ1) is 17.9. The van der Waals surface area contributed by atoms with Gasteiger partial charge < -0.3 is 10.1 Å². The summed E-state index contributed by atoms with van der Waals surface area (Å²) in [6.07, 6.45) is 0. The minimum absolute atomic E-state index is 0.152. The first-order chi connectivity index (χ1) is 12.5. The number of para-hydroxylation sites is 1. The Labute approximate surface area is 155 Å². The number of halogens is 1. The molecule has 0 atom stereocenters. The third-order valence-electron chi connectivity index (χ3n) is 3.87. The first-order valence-corrected chi connectivity index (χ1v) is 8.55. The third kappa shape index (κ3) is 3.70. The summed E-state index contributed by atoms with van der Waals surface area (Å²) in [5, 5.41) is 3.70. The van der Waals surface area contributed by atoms with Crippen LogP contribution < -0.4 is 15.6 Å². The number of hydrogen-bond acceptors (Lipinski definition) is 4. The lowest BCUT2D eigenvalue weighted by molar-refractivity contribution is -0.116. The zero-order valence-electron chi connectivity index (χ0n) is 14.5. The van der Waals surface area contributed by atoms with Crippen LogP contribution in [0.25, 0.3) is 10.9 Å². The Morgan fingerprint density at radius 2 is 2.04 bits per heavy atom. The highest BCUT2D eigenvalue weighted by molar-refractivity contribution is 6.31. The van der Waals surface area contributed by atoms with Gasteiger partial charge in [-0.25, -0.2) is 4.98 Å². The Bertz CT molecular complexity index is 1030. The second kappa shape index (κ2) is 7.58. The lowest BCUT2D eigenvalue weighted by atomic mass is 10.2. The molecule has 0 saturated carbocycles. The molecule has 0 aliphatic rings. The summed E-state index contributed by atoms with van der Waals surface area (Å²) >= 11 is 6.00. The number of benzene rings is 2. The Hall–Kier alpha value is -2.86. The molecule has 0 fully saturated rings. The van der Waals surface area contributed by atoms with Crippen LogP contribution in [0.1, 0.15) is 12.7 Å². The van der Waals surface area contributed by atoms with Crippen molar-refractivity contribution >= 4 is 34.1 Å². The number of nitrogens with zero attached hydrogens (tertiary/aromatic N) is 2. The molecule has 0 unspecified atom stereocenters. The predicted molar refractivity (Wildman–Crippen MR) is 102 cm³/mol. The average molecular weight is 372 g/mol. The monoisotopic (exact) mass is 371 g/mol.